The van der Waals surface area contributed by atoms with E-state index in [1.807, 2.05) is 32.0 Å². The van der Waals surface area contributed by atoms with Crippen LogP contribution in [-0.4, -0.2) is 41.1 Å². The summed E-state index contributed by atoms with van der Waals surface area (Å²) in [5.74, 6) is -0.428. The Hall–Kier alpha value is -2.96. The van der Waals surface area contributed by atoms with Crippen molar-refractivity contribution in [1.82, 2.24) is 4.90 Å². The van der Waals surface area contributed by atoms with Crippen molar-refractivity contribution in [2.75, 3.05) is 0 Å². The van der Waals surface area contributed by atoms with Gasteiger partial charge in [-0.2, -0.15) is 0 Å². The molecule has 2 aliphatic heterocycles. The van der Waals surface area contributed by atoms with Crippen molar-refractivity contribution >= 4 is 35.2 Å². The Balaban J connectivity index is 1.53. The van der Waals surface area contributed by atoms with Crippen LogP contribution in [0.1, 0.15) is 62.3 Å². The topological polar surface area (TPSA) is 55.8 Å². The lowest BCUT2D eigenvalue weighted by molar-refractivity contribution is 0.00578. The average molecular weight is 439 g/mol. The van der Waals surface area contributed by atoms with E-state index in [1.165, 1.54) is 4.90 Å². The van der Waals surface area contributed by atoms with Crippen molar-refractivity contribution in [2.45, 2.75) is 58.8 Å². The Kier molecular flexibility index (Phi) is 3.96. The van der Waals surface area contributed by atoms with E-state index in [0.717, 1.165) is 38.5 Å². The molecule has 0 radical (unpaired) electrons. The highest BCUT2D eigenvalue weighted by Gasteiger charge is 2.52. The van der Waals surface area contributed by atoms with Gasteiger partial charge in [-0.1, -0.05) is 30.3 Å². The molecule has 0 saturated carbocycles. The van der Waals surface area contributed by atoms with Crippen molar-refractivity contribution in [3.05, 3.63) is 53.6 Å². The molecular weight excluding hydrogens is 413 g/mol. The summed E-state index contributed by atoms with van der Waals surface area (Å²) in [6.45, 7) is 11.9. The van der Waals surface area contributed by atoms with Gasteiger partial charge in [0.25, 0.3) is 11.8 Å². The number of hydrogen-bond acceptors (Lipinski definition) is 4. The molecule has 2 heterocycles. The van der Waals surface area contributed by atoms with Gasteiger partial charge >= 0.3 is 7.12 Å². The maximum atomic E-state index is 13.0. The largest absolute Gasteiger partial charge is 0.495 e. The summed E-state index contributed by atoms with van der Waals surface area (Å²) < 4.78 is 12.7. The number of hydrogen-bond donors (Lipinski definition) is 0. The monoisotopic (exact) mass is 439 g/mol. The smallest absolute Gasteiger partial charge is 0.399 e. The van der Waals surface area contributed by atoms with Gasteiger partial charge in [0.05, 0.1) is 22.3 Å². The van der Waals surface area contributed by atoms with Gasteiger partial charge in [-0.25, -0.2) is 0 Å². The second-order valence-corrected chi connectivity index (χ2v) is 10.5. The highest BCUT2D eigenvalue weighted by atomic mass is 16.7. The van der Waals surface area contributed by atoms with Crippen LogP contribution in [0.15, 0.2) is 42.5 Å². The van der Waals surface area contributed by atoms with Crippen molar-refractivity contribution in [2.24, 2.45) is 0 Å². The number of fused-ring (bicyclic) bond motifs is 4. The molecular formula is C27H26BNO4. The van der Waals surface area contributed by atoms with Crippen LogP contribution in [-0.2, 0) is 9.31 Å². The van der Waals surface area contributed by atoms with Crippen LogP contribution >= 0.6 is 0 Å². The second-order valence-electron chi connectivity index (χ2n) is 10.5. The summed E-state index contributed by atoms with van der Waals surface area (Å²) in [6, 6.07) is 14.0. The molecule has 1 aliphatic carbocycles. The summed E-state index contributed by atoms with van der Waals surface area (Å²) >= 11 is 0. The van der Waals surface area contributed by atoms with Gasteiger partial charge in [-0.15, -0.1) is 0 Å². The van der Waals surface area contributed by atoms with Crippen LogP contribution < -0.4 is 5.46 Å². The van der Waals surface area contributed by atoms with Crippen molar-refractivity contribution in [3.63, 3.8) is 0 Å². The van der Waals surface area contributed by atoms with Gasteiger partial charge in [0, 0.05) is 6.04 Å². The third-order valence-corrected chi connectivity index (χ3v) is 7.73. The SMILES string of the molecule is CC(C)N1C(=O)c2cc3c(cc2C1=O)-c1ccc(B2OC(C)(C)C(C)(C)O2)c2cccc-3c12. The zero-order chi connectivity index (χ0) is 23.4. The molecule has 1 saturated heterocycles. The molecule has 6 rings (SSSR count). The third kappa shape index (κ3) is 2.56. The minimum Gasteiger partial charge on any atom is -0.399 e. The van der Waals surface area contributed by atoms with E-state index in [0.29, 0.717) is 11.1 Å². The number of imide groups is 1. The fourth-order valence-corrected chi connectivity index (χ4v) is 5.27. The average Bonchev–Trinajstić information content (AvgIpc) is 3.27. The number of amides is 2. The van der Waals surface area contributed by atoms with Gasteiger partial charge in [0.2, 0.25) is 0 Å². The normalized spacial score (nSPS) is 19.7. The Morgan fingerprint density at radius 1 is 0.758 bits per heavy atom. The molecule has 2 amide bonds. The molecule has 5 nitrogen and oxygen atoms in total. The predicted octanol–water partition coefficient (Wildman–Crippen LogP) is 4.79. The van der Waals surface area contributed by atoms with E-state index in [2.05, 4.69) is 52.0 Å². The van der Waals surface area contributed by atoms with E-state index in [-0.39, 0.29) is 17.9 Å². The third-order valence-electron chi connectivity index (χ3n) is 7.73. The molecule has 1 fully saturated rings. The molecule has 3 aromatic carbocycles. The maximum absolute atomic E-state index is 13.0. The Morgan fingerprint density at radius 3 is 1.85 bits per heavy atom. The van der Waals surface area contributed by atoms with Crippen molar-refractivity contribution in [1.29, 1.82) is 0 Å². The summed E-state index contributed by atoms with van der Waals surface area (Å²) in [5.41, 5.74) is 5.25. The molecule has 0 N–H and O–H groups in total. The second kappa shape index (κ2) is 6.34. The Bertz CT molecular complexity index is 1340. The molecule has 0 atom stereocenters. The first-order valence-corrected chi connectivity index (χ1v) is 11.5. The molecule has 3 aliphatic rings. The molecule has 166 valence electrons. The highest BCUT2D eigenvalue weighted by molar-refractivity contribution is 6.65. The summed E-state index contributed by atoms with van der Waals surface area (Å²) in [4.78, 5) is 27.3. The Morgan fingerprint density at radius 2 is 1.30 bits per heavy atom. The highest BCUT2D eigenvalue weighted by Crippen LogP contribution is 2.49. The summed E-state index contributed by atoms with van der Waals surface area (Å²) in [7, 11) is -0.462. The zero-order valence-corrected chi connectivity index (χ0v) is 19.8. The van der Waals surface area contributed by atoms with Crippen LogP contribution in [0.4, 0.5) is 0 Å². The number of nitrogens with zero attached hydrogens (tertiary/aromatic N) is 1. The number of carbonyl (C=O) groups excluding carboxylic acids is 2. The quantitative estimate of drug-likeness (QED) is 0.333. The van der Waals surface area contributed by atoms with Crippen LogP contribution in [0.3, 0.4) is 0 Å². The van der Waals surface area contributed by atoms with Gasteiger partial charge in [-0.05, 0) is 92.2 Å². The first kappa shape index (κ1) is 20.6. The summed E-state index contributed by atoms with van der Waals surface area (Å²) in [5, 5.41) is 2.19. The first-order chi connectivity index (χ1) is 15.5. The standard InChI is InChI=1S/C27H26BNO4/c1-14(2)29-24(30)20-12-18-15-8-7-9-17-22(28-32-26(3,4)27(5,6)33-28)11-10-16(23(15)17)19(18)13-21(20)25(29)31/h7-14H,1-6H3. The molecule has 0 bridgehead atoms. The molecule has 0 spiro atoms. The fourth-order valence-electron chi connectivity index (χ4n) is 5.27. The number of carbonyl (C=O) groups is 2. The van der Waals surface area contributed by atoms with Gasteiger partial charge in [0.15, 0.2) is 0 Å². The number of benzene rings is 3. The van der Waals surface area contributed by atoms with E-state index in [9.17, 15) is 9.59 Å². The maximum Gasteiger partial charge on any atom is 0.495 e. The lowest BCUT2D eigenvalue weighted by Gasteiger charge is -2.32. The zero-order valence-electron chi connectivity index (χ0n) is 19.8. The van der Waals surface area contributed by atoms with Gasteiger partial charge in [-0.3, -0.25) is 14.5 Å². The van der Waals surface area contributed by atoms with E-state index in [4.69, 9.17) is 9.31 Å². The predicted molar refractivity (Wildman–Crippen MR) is 130 cm³/mol. The van der Waals surface area contributed by atoms with Gasteiger partial charge < -0.3 is 9.31 Å². The summed E-state index contributed by atoms with van der Waals surface area (Å²) in [6.07, 6.45) is 0. The van der Waals surface area contributed by atoms with Crippen molar-refractivity contribution < 1.29 is 18.9 Å². The van der Waals surface area contributed by atoms with Crippen LogP contribution in [0.5, 0.6) is 0 Å². The fraction of sp³-hybridized carbons (Fsp3) is 0.333. The molecule has 6 heteroatoms. The van der Waals surface area contributed by atoms with E-state index in [1.54, 1.807) is 0 Å². The lowest BCUT2D eigenvalue weighted by atomic mass is 9.75. The van der Waals surface area contributed by atoms with Crippen LogP contribution in [0, 0.1) is 0 Å². The molecule has 0 aromatic heterocycles. The first-order valence-electron chi connectivity index (χ1n) is 11.5. The minimum atomic E-state index is -0.462. The molecule has 0 unspecified atom stereocenters. The number of rotatable bonds is 2. The molecule has 33 heavy (non-hydrogen) atoms. The Labute approximate surface area is 193 Å². The lowest BCUT2D eigenvalue weighted by Crippen LogP contribution is -2.41. The van der Waals surface area contributed by atoms with E-state index < -0.39 is 18.3 Å². The molecule has 3 aromatic rings. The van der Waals surface area contributed by atoms with Crippen molar-refractivity contribution in [3.8, 4) is 22.3 Å². The van der Waals surface area contributed by atoms with E-state index >= 15 is 0 Å². The van der Waals surface area contributed by atoms with Crippen LogP contribution in [0.2, 0.25) is 0 Å². The minimum absolute atomic E-state index is 0.176. The van der Waals surface area contributed by atoms with Crippen LogP contribution in [0.25, 0.3) is 33.0 Å². The van der Waals surface area contributed by atoms with Gasteiger partial charge in [0.1, 0.15) is 0 Å².